The van der Waals surface area contributed by atoms with Crippen LogP contribution in [0.5, 0.6) is 5.75 Å². The van der Waals surface area contributed by atoms with Gasteiger partial charge < -0.3 is 4.74 Å². The van der Waals surface area contributed by atoms with Gasteiger partial charge in [0.05, 0.1) is 0 Å². The standard InChI is InChI=1S/C31H20F8O/c1-2-25(32)29(36)22-12-10-21(11-13-22)20-8-5-18(6-9-20)3-4-19-7-14-24(26(33)15-19)23-16-27(34)30(28(35)17-23)40-31(37,38)39/h2,5-17H,1,3-4H2/b29-25+. The van der Waals surface area contributed by atoms with E-state index in [9.17, 15) is 35.1 Å². The summed E-state index contributed by atoms with van der Waals surface area (Å²) in [6.07, 6.45) is -3.51. The smallest absolute Gasteiger partial charge is 0.399 e. The fourth-order valence-corrected chi connectivity index (χ4v) is 4.07. The van der Waals surface area contributed by atoms with Crippen LogP contribution in [0.4, 0.5) is 35.1 Å². The molecule has 0 saturated heterocycles. The van der Waals surface area contributed by atoms with Crippen molar-refractivity contribution in [2.24, 2.45) is 0 Å². The Kier molecular flexibility index (Phi) is 8.42. The predicted molar refractivity (Wildman–Crippen MR) is 137 cm³/mol. The van der Waals surface area contributed by atoms with Crippen LogP contribution in [-0.4, -0.2) is 6.36 Å². The summed E-state index contributed by atoms with van der Waals surface area (Å²) in [7, 11) is 0. The van der Waals surface area contributed by atoms with Crippen LogP contribution in [-0.2, 0) is 12.8 Å². The summed E-state index contributed by atoms with van der Waals surface area (Å²) in [6.45, 7) is 3.20. The molecule has 206 valence electrons. The third kappa shape index (κ3) is 6.77. The van der Waals surface area contributed by atoms with Crippen LogP contribution in [0.15, 0.2) is 97.3 Å². The highest BCUT2D eigenvalue weighted by molar-refractivity contribution is 5.69. The van der Waals surface area contributed by atoms with Gasteiger partial charge in [-0.05, 0) is 64.9 Å². The van der Waals surface area contributed by atoms with E-state index in [1.165, 1.54) is 24.3 Å². The molecule has 4 aromatic carbocycles. The highest BCUT2D eigenvalue weighted by Gasteiger charge is 2.34. The average molecular weight is 560 g/mol. The summed E-state index contributed by atoms with van der Waals surface area (Å²) in [6, 6.07) is 18.9. The van der Waals surface area contributed by atoms with Crippen molar-refractivity contribution in [1.29, 1.82) is 0 Å². The van der Waals surface area contributed by atoms with E-state index in [1.807, 2.05) is 24.3 Å². The van der Waals surface area contributed by atoms with Gasteiger partial charge in [0.25, 0.3) is 0 Å². The van der Waals surface area contributed by atoms with Crippen LogP contribution < -0.4 is 4.74 Å². The van der Waals surface area contributed by atoms with Crippen molar-refractivity contribution in [3.05, 3.63) is 131 Å². The molecule has 0 unspecified atom stereocenters. The van der Waals surface area contributed by atoms with Gasteiger partial charge in [0.2, 0.25) is 5.75 Å². The minimum absolute atomic E-state index is 0.0961. The normalized spacial score (nSPS) is 12.2. The Morgan fingerprint density at radius 1 is 0.675 bits per heavy atom. The highest BCUT2D eigenvalue weighted by Crippen LogP contribution is 2.34. The number of aryl methyl sites for hydroxylation is 2. The zero-order chi connectivity index (χ0) is 29.0. The third-order valence-electron chi connectivity index (χ3n) is 6.08. The Labute approximate surface area is 224 Å². The molecule has 0 aromatic heterocycles. The number of rotatable bonds is 8. The number of alkyl halides is 3. The summed E-state index contributed by atoms with van der Waals surface area (Å²) >= 11 is 0. The summed E-state index contributed by atoms with van der Waals surface area (Å²) in [5, 5.41) is 0. The van der Waals surface area contributed by atoms with Crippen molar-refractivity contribution in [3.63, 3.8) is 0 Å². The molecule has 0 atom stereocenters. The molecule has 0 spiro atoms. The van der Waals surface area contributed by atoms with Crippen molar-refractivity contribution in [2.75, 3.05) is 0 Å². The first-order valence-electron chi connectivity index (χ1n) is 11.9. The number of benzene rings is 4. The van der Waals surface area contributed by atoms with Crippen LogP contribution >= 0.6 is 0 Å². The van der Waals surface area contributed by atoms with Crippen molar-refractivity contribution in [2.45, 2.75) is 19.2 Å². The lowest BCUT2D eigenvalue weighted by molar-refractivity contribution is -0.276. The molecule has 0 aliphatic carbocycles. The summed E-state index contributed by atoms with van der Waals surface area (Å²) in [4.78, 5) is 0. The van der Waals surface area contributed by atoms with E-state index in [0.717, 1.165) is 22.8 Å². The second-order valence-electron chi connectivity index (χ2n) is 8.77. The van der Waals surface area contributed by atoms with Gasteiger partial charge in [-0.1, -0.05) is 67.2 Å². The Hall–Kier alpha value is -4.40. The Morgan fingerprint density at radius 2 is 1.20 bits per heavy atom. The summed E-state index contributed by atoms with van der Waals surface area (Å²) < 4.78 is 111. The molecular weight excluding hydrogens is 540 g/mol. The van der Waals surface area contributed by atoms with Crippen LogP contribution in [0, 0.1) is 17.5 Å². The lowest BCUT2D eigenvalue weighted by atomic mass is 9.98. The highest BCUT2D eigenvalue weighted by atomic mass is 19.4. The topological polar surface area (TPSA) is 9.23 Å². The minimum atomic E-state index is -5.28. The van der Waals surface area contributed by atoms with E-state index in [4.69, 9.17) is 0 Å². The molecule has 0 amide bonds. The molecule has 0 N–H and O–H groups in total. The van der Waals surface area contributed by atoms with E-state index >= 15 is 0 Å². The lowest BCUT2D eigenvalue weighted by Crippen LogP contribution is -2.19. The fourth-order valence-electron chi connectivity index (χ4n) is 4.07. The van der Waals surface area contributed by atoms with Gasteiger partial charge in [0.1, 0.15) is 5.82 Å². The van der Waals surface area contributed by atoms with Gasteiger partial charge in [-0.3, -0.25) is 0 Å². The Balaban J connectivity index is 1.43. The van der Waals surface area contributed by atoms with Crippen molar-refractivity contribution in [3.8, 4) is 28.0 Å². The SMILES string of the molecule is C=C/C(F)=C(\F)c1ccc(-c2ccc(CCc3ccc(-c4cc(F)c(OC(F)(F)F)c(F)c4)c(F)c3)cc2)cc1. The minimum Gasteiger partial charge on any atom is -0.399 e. The molecule has 4 rings (SSSR count). The molecule has 0 saturated carbocycles. The first-order chi connectivity index (χ1) is 18.9. The van der Waals surface area contributed by atoms with E-state index < -0.39 is 41.2 Å². The van der Waals surface area contributed by atoms with Crippen molar-refractivity contribution >= 4 is 5.83 Å². The van der Waals surface area contributed by atoms with Crippen LogP contribution in [0.3, 0.4) is 0 Å². The maximum Gasteiger partial charge on any atom is 0.573 e. The number of hydrogen-bond donors (Lipinski definition) is 0. The third-order valence-corrected chi connectivity index (χ3v) is 6.08. The number of ether oxygens (including phenoxy) is 1. The predicted octanol–water partition coefficient (Wildman–Crippen LogP) is 9.92. The molecule has 0 aliphatic rings. The molecule has 9 heteroatoms. The summed E-state index contributed by atoms with van der Waals surface area (Å²) in [5.41, 5.74) is 2.83. The Morgan fingerprint density at radius 3 is 1.73 bits per heavy atom. The van der Waals surface area contributed by atoms with Gasteiger partial charge in [-0.2, -0.15) is 0 Å². The fraction of sp³-hybridized carbons (Fsp3) is 0.0968. The molecule has 40 heavy (non-hydrogen) atoms. The quantitative estimate of drug-likeness (QED) is 0.154. The largest absolute Gasteiger partial charge is 0.573 e. The summed E-state index contributed by atoms with van der Waals surface area (Å²) in [5.74, 6) is -7.65. The number of allylic oxidation sites excluding steroid dienone is 2. The van der Waals surface area contributed by atoms with Crippen LogP contribution in [0.1, 0.15) is 16.7 Å². The molecule has 0 fully saturated rings. The van der Waals surface area contributed by atoms with Crippen molar-refractivity contribution < 1.29 is 39.9 Å². The molecule has 0 aliphatic heterocycles. The van der Waals surface area contributed by atoms with Gasteiger partial charge in [0, 0.05) is 11.1 Å². The molecule has 4 aromatic rings. The molecule has 0 radical (unpaired) electrons. The maximum absolute atomic E-state index is 14.8. The van der Waals surface area contributed by atoms with E-state index in [2.05, 4.69) is 11.3 Å². The van der Waals surface area contributed by atoms with Crippen molar-refractivity contribution in [1.82, 2.24) is 0 Å². The molecule has 1 nitrogen and oxygen atoms in total. The number of halogens is 8. The lowest BCUT2D eigenvalue weighted by Gasteiger charge is -2.13. The second-order valence-corrected chi connectivity index (χ2v) is 8.77. The molecule has 0 heterocycles. The molecular formula is C31H20F8O. The first kappa shape index (κ1) is 28.6. The molecule has 0 bridgehead atoms. The van der Waals surface area contributed by atoms with Crippen LogP contribution in [0.2, 0.25) is 0 Å². The maximum atomic E-state index is 14.8. The van der Waals surface area contributed by atoms with E-state index in [1.54, 1.807) is 18.2 Å². The zero-order valence-electron chi connectivity index (χ0n) is 20.6. The first-order valence-corrected chi connectivity index (χ1v) is 11.9. The monoisotopic (exact) mass is 560 g/mol. The van der Waals surface area contributed by atoms with E-state index in [0.29, 0.717) is 30.5 Å². The zero-order valence-corrected chi connectivity index (χ0v) is 20.6. The average Bonchev–Trinajstić information content (AvgIpc) is 2.93. The second kappa shape index (κ2) is 11.8. The number of hydrogen-bond acceptors (Lipinski definition) is 1. The van der Waals surface area contributed by atoms with Gasteiger partial charge >= 0.3 is 6.36 Å². The Bertz CT molecular complexity index is 1530. The van der Waals surface area contributed by atoms with Gasteiger partial charge in [-0.15, -0.1) is 13.2 Å². The van der Waals surface area contributed by atoms with E-state index in [-0.39, 0.29) is 16.7 Å². The van der Waals surface area contributed by atoms with Gasteiger partial charge in [-0.25, -0.2) is 22.0 Å². The van der Waals surface area contributed by atoms with Gasteiger partial charge in [0.15, 0.2) is 23.3 Å². The van der Waals surface area contributed by atoms with Crippen LogP contribution in [0.25, 0.3) is 28.1 Å².